The molecule has 0 saturated heterocycles. The van der Waals surface area contributed by atoms with Gasteiger partial charge in [0.15, 0.2) is 5.96 Å². The summed E-state index contributed by atoms with van der Waals surface area (Å²) in [6, 6.07) is 16.0. The molecule has 3 N–H and O–H groups in total. The number of guanidine groups is 1. The lowest BCUT2D eigenvalue weighted by Gasteiger charge is -2.14. The summed E-state index contributed by atoms with van der Waals surface area (Å²) in [5.74, 6) is 1.17. The minimum absolute atomic E-state index is 0.388. The van der Waals surface area contributed by atoms with Crippen LogP contribution in [0.3, 0.4) is 0 Å². The van der Waals surface area contributed by atoms with Gasteiger partial charge in [-0.25, -0.2) is 4.99 Å². The number of hydrogen-bond acceptors (Lipinski definition) is 3. The number of benzene rings is 2. The molecule has 2 aromatic carbocycles. The highest BCUT2D eigenvalue weighted by atomic mass is 16.5. The molecule has 2 aromatic rings. The Morgan fingerprint density at radius 1 is 1.17 bits per heavy atom. The van der Waals surface area contributed by atoms with Gasteiger partial charge in [0.2, 0.25) is 0 Å². The second kappa shape index (κ2) is 8.93. The van der Waals surface area contributed by atoms with Crippen LogP contribution in [0, 0.1) is 0 Å². The Balaban J connectivity index is 1.97. The van der Waals surface area contributed by atoms with Crippen molar-refractivity contribution in [3.05, 3.63) is 59.7 Å². The first-order chi connectivity index (χ1) is 11.6. The predicted octanol–water partition coefficient (Wildman–Crippen LogP) is 3.07. The van der Waals surface area contributed by atoms with Crippen molar-refractivity contribution >= 4 is 11.6 Å². The second-order valence-electron chi connectivity index (χ2n) is 5.71. The summed E-state index contributed by atoms with van der Waals surface area (Å²) < 4.78 is 5.20. The zero-order valence-electron chi connectivity index (χ0n) is 14.6. The number of nitrogens with zero attached hydrogens (tertiary/aromatic N) is 2. The summed E-state index contributed by atoms with van der Waals surface area (Å²) in [5, 5.41) is 3.08. The highest BCUT2D eigenvalue weighted by Crippen LogP contribution is 2.16. The number of methoxy groups -OCH3 is 1. The minimum Gasteiger partial charge on any atom is -0.497 e. The molecule has 0 atom stereocenters. The summed E-state index contributed by atoms with van der Waals surface area (Å²) in [6.45, 7) is 4.66. The van der Waals surface area contributed by atoms with E-state index in [0.717, 1.165) is 30.1 Å². The number of anilines is 1. The third kappa shape index (κ3) is 5.59. The first-order valence-electron chi connectivity index (χ1n) is 8.08. The van der Waals surface area contributed by atoms with E-state index in [1.807, 2.05) is 24.3 Å². The standard InChI is InChI=1S/C19H26N4O/c1-4-23(2)14-16-8-5-7-15(11-16)13-21-19(20)22-17-9-6-10-18(12-17)24-3/h5-12H,4,13-14H2,1-3H3,(H3,20,21,22). The molecule has 0 radical (unpaired) electrons. The van der Waals surface area contributed by atoms with Crippen LogP contribution in [0.4, 0.5) is 5.69 Å². The van der Waals surface area contributed by atoms with Crippen molar-refractivity contribution in [2.75, 3.05) is 26.0 Å². The van der Waals surface area contributed by atoms with Gasteiger partial charge in [-0.2, -0.15) is 0 Å². The van der Waals surface area contributed by atoms with E-state index < -0.39 is 0 Å². The van der Waals surface area contributed by atoms with Gasteiger partial charge >= 0.3 is 0 Å². The fourth-order valence-corrected chi connectivity index (χ4v) is 2.31. The fraction of sp³-hybridized carbons (Fsp3) is 0.316. The van der Waals surface area contributed by atoms with Crippen LogP contribution in [-0.2, 0) is 13.1 Å². The fourth-order valence-electron chi connectivity index (χ4n) is 2.31. The third-order valence-corrected chi connectivity index (χ3v) is 3.76. The van der Waals surface area contributed by atoms with Crippen molar-refractivity contribution in [2.24, 2.45) is 10.7 Å². The maximum absolute atomic E-state index is 5.98. The average molecular weight is 326 g/mol. The molecule has 0 bridgehead atoms. The largest absolute Gasteiger partial charge is 0.497 e. The number of nitrogens with two attached hydrogens (primary N) is 1. The molecule has 0 aromatic heterocycles. The summed E-state index contributed by atoms with van der Waals surface area (Å²) in [5.41, 5.74) is 9.26. The van der Waals surface area contributed by atoms with E-state index in [9.17, 15) is 0 Å². The van der Waals surface area contributed by atoms with Gasteiger partial charge in [0.25, 0.3) is 0 Å². The SMILES string of the molecule is CCN(C)Cc1cccc(CN=C(N)Nc2cccc(OC)c2)c1. The topological polar surface area (TPSA) is 62.9 Å². The lowest BCUT2D eigenvalue weighted by atomic mass is 10.1. The molecule has 2 rings (SSSR count). The van der Waals surface area contributed by atoms with Crippen molar-refractivity contribution in [3.63, 3.8) is 0 Å². The molecule has 0 aliphatic rings. The summed E-state index contributed by atoms with van der Waals surface area (Å²) in [7, 11) is 3.75. The Kier molecular flexibility index (Phi) is 6.63. The van der Waals surface area contributed by atoms with Crippen LogP contribution >= 0.6 is 0 Å². The lowest BCUT2D eigenvalue weighted by Crippen LogP contribution is -2.22. The highest BCUT2D eigenvalue weighted by molar-refractivity contribution is 5.92. The van der Waals surface area contributed by atoms with E-state index in [1.54, 1.807) is 7.11 Å². The van der Waals surface area contributed by atoms with Crippen molar-refractivity contribution in [1.29, 1.82) is 0 Å². The van der Waals surface area contributed by atoms with E-state index in [-0.39, 0.29) is 0 Å². The van der Waals surface area contributed by atoms with E-state index in [0.29, 0.717) is 12.5 Å². The molecule has 0 saturated carbocycles. The van der Waals surface area contributed by atoms with Crippen molar-refractivity contribution < 1.29 is 4.74 Å². The number of hydrogen-bond donors (Lipinski definition) is 2. The van der Waals surface area contributed by atoms with Crippen LogP contribution < -0.4 is 15.8 Å². The van der Waals surface area contributed by atoms with Crippen LogP contribution in [0.5, 0.6) is 5.75 Å². The molecule has 5 heteroatoms. The van der Waals surface area contributed by atoms with Crippen molar-refractivity contribution in [2.45, 2.75) is 20.0 Å². The van der Waals surface area contributed by atoms with Crippen LogP contribution in [0.2, 0.25) is 0 Å². The van der Waals surface area contributed by atoms with Gasteiger partial charge in [-0.05, 0) is 36.9 Å². The number of aliphatic imine (C=N–C) groups is 1. The van der Waals surface area contributed by atoms with Crippen LogP contribution in [-0.4, -0.2) is 31.6 Å². The molecule has 0 heterocycles. The van der Waals surface area contributed by atoms with Gasteiger partial charge in [-0.3, -0.25) is 0 Å². The summed E-state index contributed by atoms with van der Waals surface area (Å²) in [6.07, 6.45) is 0. The Morgan fingerprint density at radius 2 is 1.92 bits per heavy atom. The summed E-state index contributed by atoms with van der Waals surface area (Å²) in [4.78, 5) is 6.68. The van der Waals surface area contributed by atoms with Gasteiger partial charge < -0.3 is 20.7 Å². The van der Waals surface area contributed by atoms with E-state index in [1.165, 1.54) is 5.56 Å². The molecule has 0 unspecified atom stereocenters. The first-order valence-corrected chi connectivity index (χ1v) is 8.08. The minimum atomic E-state index is 0.388. The third-order valence-electron chi connectivity index (χ3n) is 3.76. The molecule has 0 spiro atoms. The highest BCUT2D eigenvalue weighted by Gasteiger charge is 2.01. The van der Waals surface area contributed by atoms with Gasteiger partial charge in [0, 0.05) is 18.3 Å². The predicted molar refractivity (Wildman–Crippen MR) is 100 cm³/mol. The zero-order valence-corrected chi connectivity index (χ0v) is 14.6. The van der Waals surface area contributed by atoms with E-state index in [4.69, 9.17) is 10.5 Å². The smallest absolute Gasteiger partial charge is 0.193 e. The van der Waals surface area contributed by atoms with Crippen molar-refractivity contribution in [1.82, 2.24) is 4.90 Å². The van der Waals surface area contributed by atoms with Gasteiger partial charge in [-0.15, -0.1) is 0 Å². The Labute approximate surface area is 144 Å². The molecule has 0 aliphatic heterocycles. The second-order valence-corrected chi connectivity index (χ2v) is 5.71. The molecular weight excluding hydrogens is 300 g/mol. The van der Waals surface area contributed by atoms with Crippen LogP contribution in [0.1, 0.15) is 18.1 Å². The Morgan fingerprint density at radius 3 is 2.67 bits per heavy atom. The zero-order chi connectivity index (χ0) is 17.4. The van der Waals surface area contributed by atoms with Crippen LogP contribution in [0.25, 0.3) is 0 Å². The van der Waals surface area contributed by atoms with Gasteiger partial charge in [-0.1, -0.05) is 37.3 Å². The maximum Gasteiger partial charge on any atom is 0.193 e. The quantitative estimate of drug-likeness (QED) is 0.606. The van der Waals surface area contributed by atoms with E-state index in [2.05, 4.69) is 53.4 Å². The monoisotopic (exact) mass is 326 g/mol. The number of ether oxygens (including phenoxy) is 1. The molecule has 0 aliphatic carbocycles. The van der Waals surface area contributed by atoms with Gasteiger partial charge in [0.1, 0.15) is 5.75 Å². The molecule has 0 fully saturated rings. The van der Waals surface area contributed by atoms with Gasteiger partial charge in [0.05, 0.1) is 13.7 Å². The Hall–Kier alpha value is -2.53. The van der Waals surface area contributed by atoms with E-state index >= 15 is 0 Å². The molecule has 0 amide bonds. The average Bonchev–Trinajstić information content (AvgIpc) is 2.60. The summed E-state index contributed by atoms with van der Waals surface area (Å²) >= 11 is 0. The Bertz CT molecular complexity index is 685. The maximum atomic E-state index is 5.98. The molecule has 5 nitrogen and oxygen atoms in total. The molecule has 128 valence electrons. The van der Waals surface area contributed by atoms with Crippen LogP contribution in [0.15, 0.2) is 53.5 Å². The number of nitrogens with one attached hydrogen (secondary N) is 1. The molecule has 24 heavy (non-hydrogen) atoms. The number of rotatable bonds is 7. The van der Waals surface area contributed by atoms with Crippen molar-refractivity contribution in [3.8, 4) is 5.75 Å². The first kappa shape index (κ1) is 17.8. The lowest BCUT2D eigenvalue weighted by molar-refractivity contribution is 0.345. The molecular formula is C19H26N4O. The normalized spacial score (nSPS) is 11.6.